The summed E-state index contributed by atoms with van der Waals surface area (Å²) in [5.74, 6) is 0. The summed E-state index contributed by atoms with van der Waals surface area (Å²) in [6, 6.07) is 0. The lowest BCUT2D eigenvalue weighted by Crippen LogP contribution is -2.58. The van der Waals surface area contributed by atoms with Crippen LogP contribution in [0.5, 0.6) is 0 Å². The highest BCUT2D eigenvalue weighted by atomic mass is 16.5. The van der Waals surface area contributed by atoms with Gasteiger partial charge < -0.3 is 10.1 Å². The first-order valence-electron chi connectivity index (χ1n) is 3.70. The first kappa shape index (κ1) is 8.43. The van der Waals surface area contributed by atoms with E-state index in [1.807, 2.05) is 0 Å². The van der Waals surface area contributed by atoms with E-state index in [1.54, 1.807) is 6.08 Å². The molecule has 1 heterocycles. The number of hydrogen-bond acceptors (Lipinski definition) is 3. The fourth-order valence-corrected chi connectivity index (χ4v) is 0.939. The molecule has 1 aliphatic rings. The summed E-state index contributed by atoms with van der Waals surface area (Å²) in [6.07, 6.45) is 4.08. The van der Waals surface area contributed by atoms with Gasteiger partial charge in [0.25, 0.3) is 0 Å². The molecule has 0 unspecified atom stereocenters. The maximum atomic E-state index is 9.87. The van der Waals surface area contributed by atoms with Gasteiger partial charge in [-0.25, -0.2) is 0 Å². The van der Waals surface area contributed by atoms with Crippen LogP contribution in [0.3, 0.4) is 0 Å². The minimum Gasteiger partial charge on any atom is -0.377 e. The number of rotatable bonds is 4. The van der Waals surface area contributed by atoms with E-state index >= 15 is 0 Å². The fourth-order valence-electron chi connectivity index (χ4n) is 0.939. The van der Waals surface area contributed by atoms with Crippen molar-refractivity contribution in [1.82, 2.24) is 5.32 Å². The van der Waals surface area contributed by atoms with Crippen molar-refractivity contribution in [3.05, 3.63) is 12.2 Å². The molecule has 3 nitrogen and oxygen atoms in total. The predicted molar refractivity (Wildman–Crippen MR) is 42.4 cm³/mol. The van der Waals surface area contributed by atoms with Gasteiger partial charge in [-0.3, -0.25) is 4.79 Å². The van der Waals surface area contributed by atoms with E-state index in [4.69, 9.17) is 4.74 Å². The van der Waals surface area contributed by atoms with Crippen molar-refractivity contribution in [2.75, 3.05) is 19.8 Å². The maximum absolute atomic E-state index is 9.87. The van der Waals surface area contributed by atoms with Gasteiger partial charge in [0, 0.05) is 6.54 Å². The molecule has 0 atom stereocenters. The molecule has 0 aromatic rings. The van der Waals surface area contributed by atoms with Gasteiger partial charge in [-0.1, -0.05) is 6.08 Å². The van der Waals surface area contributed by atoms with E-state index in [-0.39, 0.29) is 5.54 Å². The van der Waals surface area contributed by atoms with Crippen LogP contribution in [0.15, 0.2) is 12.2 Å². The summed E-state index contributed by atoms with van der Waals surface area (Å²) >= 11 is 0. The highest BCUT2D eigenvalue weighted by Gasteiger charge is 2.31. The Bertz CT molecular complexity index is 161. The Morgan fingerprint density at radius 1 is 1.64 bits per heavy atom. The highest BCUT2D eigenvalue weighted by molar-refractivity contribution is 5.64. The predicted octanol–water partition coefficient (Wildman–Crippen LogP) is 0.120. The molecule has 0 spiro atoms. The second-order valence-electron chi connectivity index (χ2n) is 3.00. The molecule has 0 aromatic heterocycles. The molecule has 0 aromatic carbocycles. The summed E-state index contributed by atoms with van der Waals surface area (Å²) in [7, 11) is 0. The molecule has 1 fully saturated rings. The number of carbonyl (C=O) groups excluding carboxylic acids is 1. The third-order valence-corrected chi connectivity index (χ3v) is 1.70. The molecule has 0 saturated carbocycles. The van der Waals surface area contributed by atoms with Crippen LogP contribution >= 0.6 is 0 Å². The number of carbonyl (C=O) groups is 1. The largest absolute Gasteiger partial charge is 0.377 e. The zero-order valence-electron chi connectivity index (χ0n) is 6.67. The molecule has 11 heavy (non-hydrogen) atoms. The Morgan fingerprint density at radius 3 is 2.82 bits per heavy atom. The van der Waals surface area contributed by atoms with Crippen LogP contribution in [0.2, 0.25) is 0 Å². The average Bonchev–Trinajstić information content (AvgIpc) is 1.95. The number of ether oxygens (including phenoxy) is 1. The SMILES string of the molecule is CC1(NC/C=C/C=O)COC1. The lowest BCUT2D eigenvalue weighted by Gasteiger charge is -2.38. The third-order valence-electron chi connectivity index (χ3n) is 1.70. The van der Waals surface area contributed by atoms with Crippen LogP contribution in [-0.4, -0.2) is 31.6 Å². The minimum absolute atomic E-state index is 0.132. The van der Waals surface area contributed by atoms with Gasteiger partial charge in [0.15, 0.2) is 0 Å². The molecule has 0 aliphatic carbocycles. The zero-order valence-corrected chi connectivity index (χ0v) is 6.67. The van der Waals surface area contributed by atoms with Gasteiger partial charge in [0.1, 0.15) is 6.29 Å². The van der Waals surface area contributed by atoms with Crippen LogP contribution in [-0.2, 0) is 9.53 Å². The topological polar surface area (TPSA) is 38.3 Å². The first-order valence-corrected chi connectivity index (χ1v) is 3.70. The van der Waals surface area contributed by atoms with E-state index < -0.39 is 0 Å². The van der Waals surface area contributed by atoms with Crippen molar-refractivity contribution >= 4 is 6.29 Å². The van der Waals surface area contributed by atoms with E-state index in [0.29, 0.717) is 0 Å². The standard InChI is InChI=1S/C8H13NO2/c1-8(6-11-7-8)9-4-2-3-5-10/h2-3,5,9H,4,6-7H2,1H3/b3-2+. The molecule has 3 heteroatoms. The van der Waals surface area contributed by atoms with Gasteiger partial charge in [-0.05, 0) is 13.0 Å². The van der Waals surface area contributed by atoms with Crippen LogP contribution in [0.25, 0.3) is 0 Å². The molecule has 1 rings (SSSR count). The van der Waals surface area contributed by atoms with Crippen molar-refractivity contribution in [3.8, 4) is 0 Å². The molecule has 1 N–H and O–H groups in total. The summed E-state index contributed by atoms with van der Waals surface area (Å²) < 4.78 is 5.04. The molecular weight excluding hydrogens is 142 g/mol. The van der Waals surface area contributed by atoms with Gasteiger partial charge in [-0.15, -0.1) is 0 Å². The molecular formula is C8H13NO2. The fraction of sp³-hybridized carbons (Fsp3) is 0.625. The van der Waals surface area contributed by atoms with E-state index in [2.05, 4.69) is 12.2 Å². The van der Waals surface area contributed by atoms with E-state index in [1.165, 1.54) is 6.08 Å². The smallest absolute Gasteiger partial charge is 0.142 e. The maximum Gasteiger partial charge on any atom is 0.142 e. The Hall–Kier alpha value is -0.670. The first-order chi connectivity index (χ1) is 5.27. The van der Waals surface area contributed by atoms with Crippen LogP contribution in [0.1, 0.15) is 6.92 Å². The van der Waals surface area contributed by atoms with Crippen LogP contribution in [0, 0.1) is 0 Å². The summed E-state index contributed by atoms with van der Waals surface area (Å²) in [5.41, 5.74) is 0.132. The van der Waals surface area contributed by atoms with Crippen molar-refractivity contribution in [1.29, 1.82) is 0 Å². The monoisotopic (exact) mass is 155 g/mol. The third kappa shape index (κ3) is 2.44. The summed E-state index contributed by atoms with van der Waals surface area (Å²) in [6.45, 7) is 4.37. The number of allylic oxidation sites excluding steroid dienone is 1. The summed E-state index contributed by atoms with van der Waals surface area (Å²) in [4.78, 5) is 9.87. The molecule has 1 aliphatic heterocycles. The number of nitrogens with one attached hydrogen (secondary N) is 1. The Labute approximate surface area is 66.4 Å². The van der Waals surface area contributed by atoms with Gasteiger partial charge in [0.05, 0.1) is 18.8 Å². The van der Waals surface area contributed by atoms with Crippen molar-refractivity contribution in [2.45, 2.75) is 12.5 Å². The second-order valence-corrected chi connectivity index (χ2v) is 3.00. The van der Waals surface area contributed by atoms with E-state index in [9.17, 15) is 4.79 Å². The molecule has 0 radical (unpaired) electrons. The Morgan fingerprint density at radius 2 is 2.36 bits per heavy atom. The second kappa shape index (κ2) is 3.64. The number of hydrogen-bond donors (Lipinski definition) is 1. The highest BCUT2D eigenvalue weighted by Crippen LogP contribution is 2.14. The number of aldehydes is 1. The van der Waals surface area contributed by atoms with Crippen LogP contribution < -0.4 is 5.32 Å². The van der Waals surface area contributed by atoms with Crippen LogP contribution in [0.4, 0.5) is 0 Å². The average molecular weight is 155 g/mol. The van der Waals surface area contributed by atoms with Gasteiger partial charge in [-0.2, -0.15) is 0 Å². The molecule has 62 valence electrons. The lowest BCUT2D eigenvalue weighted by molar-refractivity contribution is -0.104. The van der Waals surface area contributed by atoms with Crippen molar-refractivity contribution in [2.24, 2.45) is 0 Å². The zero-order chi connectivity index (χ0) is 8.16. The minimum atomic E-state index is 0.132. The molecule has 0 amide bonds. The van der Waals surface area contributed by atoms with Crippen molar-refractivity contribution < 1.29 is 9.53 Å². The summed E-state index contributed by atoms with van der Waals surface area (Å²) in [5, 5.41) is 3.26. The molecule has 1 saturated heterocycles. The van der Waals surface area contributed by atoms with Gasteiger partial charge in [0.2, 0.25) is 0 Å². The van der Waals surface area contributed by atoms with Crippen molar-refractivity contribution in [3.63, 3.8) is 0 Å². The Kier molecular flexibility index (Phi) is 2.79. The van der Waals surface area contributed by atoms with Gasteiger partial charge >= 0.3 is 0 Å². The Balaban J connectivity index is 2.11. The van der Waals surface area contributed by atoms with E-state index in [0.717, 1.165) is 26.0 Å². The lowest BCUT2D eigenvalue weighted by atomic mass is 10.0. The molecule has 0 bridgehead atoms. The normalized spacial score (nSPS) is 21.5. The quantitative estimate of drug-likeness (QED) is 0.463.